The van der Waals surface area contributed by atoms with E-state index in [1.165, 1.54) is 18.2 Å². The molecule has 0 aliphatic rings. The molecule has 0 saturated heterocycles. The van der Waals surface area contributed by atoms with Gasteiger partial charge in [-0.25, -0.2) is 9.18 Å². The van der Waals surface area contributed by atoms with Gasteiger partial charge < -0.3 is 15.2 Å². The molecule has 0 aliphatic heterocycles. The van der Waals surface area contributed by atoms with Crippen LogP contribution in [-0.2, 0) is 4.74 Å². The minimum atomic E-state index is -0.821. The summed E-state index contributed by atoms with van der Waals surface area (Å²) < 4.78 is 18.2. The normalized spacial score (nSPS) is 12.9. The first-order chi connectivity index (χ1) is 8.73. The zero-order chi connectivity index (χ0) is 14.6. The first kappa shape index (κ1) is 15.7. The van der Waals surface area contributed by atoms with Crippen LogP contribution in [0.2, 0.25) is 5.02 Å². The van der Waals surface area contributed by atoms with E-state index in [0.717, 1.165) is 0 Å². The van der Waals surface area contributed by atoms with Crippen molar-refractivity contribution in [3.8, 4) is 0 Å². The van der Waals surface area contributed by atoms with Crippen LogP contribution in [0.25, 0.3) is 0 Å². The third-order valence-corrected chi connectivity index (χ3v) is 2.55. The molecule has 0 unspecified atom stereocenters. The maximum absolute atomic E-state index is 13.2. The fourth-order valence-electron chi connectivity index (χ4n) is 1.45. The average molecular weight is 290 g/mol. The summed E-state index contributed by atoms with van der Waals surface area (Å²) >= 11 is 5.92. The van der Waals surface area contributed by atoms with Crippen molar-refractivity contribution in [3.63, 3.8) is 0 Å². The lowest BCUT2D eigenvalue weighted by atomic mass is 10.1. The first-order valence-corrected chi connectivity index (χ1v) is 6.16. The molecule has 0 bridgehead atoms. The van der Waals surface area contributed by atoms with Crippen molar-refractivity contribution < 1.29 is 19.0 Å². The summed E-state index contributed by atoms with van der Waals surface area (Å²) in [6.45, 7) is 4.74. The Balaban J connectivity index is 2.84. The Morgan fingerprint density at radius 2 is 2.16 bits per heavy atom. The summed E-state index contributed by atoms with van der Waals surface area (Å²) in [5, 5.41) is 12.0. The smallest absolute Gasteiger partial charge is 0.408 e. The monoisotopic (exact) mass is 289 g/mol. The van der Waals surface area contributed by atoms with Gasteiger partial charge in [-0.3, -0.25) is 0 Å². The summed E-state index contributed by atoms with van der Waals surface area (Å²) in [6.07, 6.45) is -0.702. The number of aliphatic hydroxyl groups excluding tert-OH is 1. The van der Waals surface area contributed by atoms with Crippen molar-refractivity contribution in [2.45, 2.75) is 32.4 Å². The molecule has 1 amide bonds. The highest BCUT2D eigenvalue weighted by Crippen LogP contribution is 2.24. The molecule has 1 aromatic rings. The predicted octanol–water partition coefficient (Wildman–Crippen LogP) is 3.04. The number of aliphatic hydroxyl groups is 1. The van der Waals surface area contributed by atoms with E-state index in [0.29, 0.717) is 5.56 Å². The minimum Gasteiger partial charge on any atom is -0.444 e. The van der Waals surface area contributed by atoms with Gasteiger partial charge in [0, 0.05) is 5.02 Å². The lowest BCUT2D eigenvalue weighted by molar-refractivity contribution is 0.0482. The zero-order valence-corrected chi connectivity index (χ0v) is 11.8. The van der Waals surface area contributed by atoms with Gasteiger partial charge in [-0.05, 0) is 44.5 Å². The fourth-order valence-corrected chi connectivity index (χ4v) is 1.70. The average Bonchev–Trinajstić information content (AvgIpc) is 2.27. The molecular formula is C13H17ClFNO3. The van der Waals surface area contributed by atoms with E-state index in [1.807, 2.05) is 0 Å². The number of amides is 1. The van der Waals surface area contributed by atoms with E-state index in [-0.39, 0.29) is 5.02 Å². The maximum atomic E-state index is 13.2. The Hall–Kier alpha value is -1.33. The first-order valence-electron chi connectivity index (χ1n) is 5.78. The van der Waals surface area contributed by atoms with Crippen LogP contribution in [0.4, 0.5) is 9.18 Å². The lowest BCUT2D eigenvalue weighted by Crippen LogP contribution is -2.36. The second-order valence-corrected chi connectivity index (χ2v) is 5.45. The van der Waals surface area contributed by atoms with Gasteiger partial charge >= 0.3 is 6.09 Å². The van der Waals surface area contributed by atoms with Gasteiger partial charge in [0.2, 0.25) is 0 Å². The SMILES string of the molecule is CC(C)(C)OC(=O)N[C@H](CO)c1cc(F)ccc1Cl. The molecule has 0 aromatic heterocycles. The summed E-state index contributed by atoms with van der Waals surface area (Å²) in [4.78, 5) is 11.6. The molecule has 6 heteroatoms. The minimum absolute atomic E-state index is 0.261. The molecule has 1 rings (SSSR count). The van der Waals surface area contributed by atoms with Gasteiger partial charge in [0.1, 0.15) is 11.4 Å². The number of hydrogen-bond acceptors (Lipinski definition) is 3. The molecular weight excluding hydrogens is 273 g/mol. The summed E-state index contributed by atoms with van der Waals surface area (Å²) in [5.41, 5.74) is -0.356. The molecule has 4 nitrogen and oxygen atoms in total. The van der Waals surface area contributed by atoms with E-state index in [9.17, 15) is 14.3 Å². The summed E-state index contributed by atoms with van der Waals surface area (Å²) in [5.74, 6) is -0.496. The van der Waals surface area contributed by atoms with Crippen molar-refractivity contribution in [2.24, 2.45) is 0 Å². The number of carbonyl (C=O) groups is 1. The molecule has 106 valence electrons. The third kappa shape index (κ3) is 5.04. The predicted molar refractivity (Wildman–Crippen MR) is 70.6 cm³/mol. The van der Waals surface area contributed by atoms with Crippen LogP contribution in [0.15, 0.2) is 18.2 Å². The zero-order valence-electron chi connectivity index (χ0n) is 11.0. The number of rotatable bonds is 3. The van der Waals surface area contributed by atoms with E-state index in [4.69, 9.17) is 16.3 Å². The van der Waals surface area contributed by atoms with Crippen LogP contribution in [0, 0.1) is 5.82 Å². The number of carbonyl (C=O) groups excluding carboxylic acids is 1. The lowest BCUT2D eigenvalue weighted by Gasteiger charge is -2.23. The molecule has 0 saturated carbocycles. The number of ether oxygens (including phenoxy) is 1. The second kappa shape index (κ2) is 6.21. The Bertz CT molecular complexity index is 460. The van der Waals surface area contributed by atoms with E-state index in [1.54, 1.807) is 20.8 Å². The van der Waals surface area contributed by atoms with Gasteiger partial charge in [0.25, 0.3) is 0 Å². The van der Waals surface area contributed by atoms with Crippen LogP contribution < -0.4 is 5.32 Å². The van der Waals surface area contributed by atoms with Crippen molar-refractivity contribution >= 4 is 17.7 Å². The molecule has 0 spiro atoms. The Labute approximate surface area is 116 Å². The Morgan fingerprint density at radius 3 is 2.68 bits per heavy atom. The second-order valence-electron chi connectivity index (χ2n) is 5.05. The number of hydrogen-bond donors (Lipinski definition) is 2. The molecule has 0 radical (unpaired) electrons. The molecule has 19 heavy (non-hydrogen) atoms. The summed E-state index contributed by atoms with van der Waals surface area (Å²) in [6, 6.07) is 2.91. The molecule has 0 fully saturated rings. The van der Waals surface area contributed by atoms with E-state index >= 15 is 0 Å². The van der Waals surface area contributed by atoms with Crippen molar-refractivity contribution in [1.82, 2.24) is 5.32 Å². The highest BCUT2D eigenvalue weighted by atomic mass is 35.5. The van der Waals surface area contributed by atoms with Crippen LogP contribution in [0.5, 0.6) is 0 Å². The highest BCUT2D eigenvalue weighted by molar-refractivity contribution is 6.31. The maximum Gasteiger partial charge on any atom is 0.408 e. The van der Waals surface area contributed by atoms with Gasteiger partial charge in [0.05, 0.1) is 12.6 Å². The van der Waals surface area contributed by atoms with Crippen molar-refractivity contribution in [3.05, 3.63) is 34.6 Å². The van der Waals surface area contributed by atoms with Gasteiger partial charge in [-0.1, -0.05) is 11.6 Å². The Kier molecular flexibility index (Phi) is 5.14. The standard InChI is InChI=1S/C13H17ClFNO3/c1-13(2,3)19-12(18)16-11(7-17)9-6-8(15)4-5-10(9)14/h4-6,11,17H,7H2,1-3H3,(H,16,18)/t11-/m1/s1. The molecule has 0 aliphatic carbocycles. The molecule has 2 N–H and O–H groups in total. The van der Waals surface area contributed by atoms with Gasteiger partial charge in [-0.2, -0.15) is 0 Å². The van der Waals surface area contributed by atoms with Gasteiger partial charge in [0.15, 0.2) is 0 Å². The number of nitrogens with one attached hydrogen (secondary N) is 1. The van der Waals surface area contributed by atoms with Crippen molar-refractivity contribution in [1.29, 1.82) is 0 Å². The molecule has 0 heterocycles. The van der Waals surface area contributed by atoms with E-state index < -0.39 is 30.2 Å². The van der Waals surface area contributed by atoms with E-state index in [2.05, 4.69) is 5.32 Å². The van der Waals surface area contributed by atoms with Crippen LogP contribution in [0.1, 0.15) is 32.4 Å². The van der Waals surface area contributed by atoms with Gasteiger partial charge in [-0.15, -0.1) is 0 Å². The molecule has 1 aromatic carbocycles. The number of benzene rings is 1. The number of alkyl carbamates (subject to hydrolysis) is 1. The van der Waals surface area contributed by atoms with Crippen LogP contribution >= 0.6 is 11.6 Å². The third-order valence-electron chi connectivity index (χ3n) is 2.21. The quantitative estimate of drug-likeness (QED) is 0.899. The highest BCUT2D eigenvalue weighted by Gasteiger charge is 2.21. The molecule has 1 atom stereocenters. The van der Waals surface area contributed by atoms with Crippen molar-refractivity contribution in [2.75, 3.05) is 6.61 Å². The Morgan fingerprint density at radius 1 is 1.53 bits per heavy atom. The number of halogens is 2. The van der Waals surface area contributed by atoms with Crippen LogP contribution in [0.3, 0.4) is 0 Å². The topological polar surface area (TPSA) is 58.6 Å². The largest absolute Gasteiger partial charge is 0.444 e. The fraction of sp³-hybridized carbons (Fsp3) is 0.462. The summed E-state index contributed by atoms with van der Waals surface area (Å²) in [7, 11) is 0. The van der Waals surface area contributed by atoms with Crippen LogP contribution in [-0.4, -0.2) is 23.4 Å².